The van der Waals surface area contributed by atoms with E-state index in [0.717, 1.165) is 9.87 Å². The average Bonchev–Trinajstić information content (AvgIpc) is 3.11. The lowest BCUT2D eigenvalue weighted by atomic mass is 10.0. The highest BCUT2D eigenvalue weighted by Crippen LogP contribution is 2.37. The maximum Gasteiger partial charge on any atom is 0.265 e. The van der Waals surface area contributed by atoms with Gasteiger partial charge < -0.3 is 24.4 Å². The van der Waals surface area contributed by atoms with Crippen LogP contribution >= 0.6 is 11.6 Å². The monoisotopic (exact) mass is 725 g/mol. The Balaban J connectivity index is 1.87. The zero-order chi connectivity index (χ0) is 36.4. The van der Waals surface area contributed by atoms with Gasteiger partial charge in [-0.05, 0) is 59.5 Å². The van der Waals surface area contributed by atoms with Gasteiger partial charge in [0, 0.05) is 30.6 Å². The molecule has 0 radical (unpaired) electrons. The van der Waals surface area contributed by atoms with E-state index in [1.165, 1.54) is 86.9 Å². The Kier molecular flexibility index (Phi) is 13.1. The number of amides is 2. The van der Waals surface area contributed by atoms with Crippen LogP contribution in [0, 0.1) is 11.7 Å². The second-order valence-corrected chi connectivity index (χ2v) is 14.1. The summed E-state index contributed by atoms with van der Waals surface area (Å²) < 4.78 is 60.1. The Morgan fingerprint density at radius 1 is 0.820 bits per heavy atom. The summed E-state index contributed by atoms with van der Waals surface area (Å²) in [5.74, 6) is -0.894. The predicted octanol–water partition coefficient (Wildman–Crippen LogP) is 6.11. The molecule has 266 valence electrons. The fourth-order valence-electron chi connectivity index (χ4n) is 5.24. The van der Waals surface area contributed by atoms with Gasteiger partial charge in [-0.15, -0.1) is 0 Å². The van der Waals surface area contributed by atoms with E-state index in [0.29, 0.717) is 17.9 Å². The summed E-state index contributed by atoms with van der Waals surface area (Å²) in [6, 6.07) is 22.1. The number of hydrogen-bond acceptors (Lipinski definition) is 7. The van der Waals surface area contributed by atoms with Gasteiger partial charge in [0.2, 0.25) is 11.8 Å². The largest absolute Gasteiger partial charge is 0.495 e. The van der Waals surface area contributed by atoms with Crippen molar-refractivity contribution >= 4 is 39.1 Å². The van der Waals surface area contributed by atoms with Crippen LogP contribution in [0.2, 0.25) is 5.02 Å². The lowest BCUT2D eigenvalue weighted by molar-refractivity contribution is -0.140. The molecule has 4 aromatic rings. The molecule has 0 spiro atoms. The van der Waals surface area contributed by atoms with E-state index in [1.54, 1.807) is 0 Å². The Morgan fingerprint density at radius 3 is 2.08 bits per heavy atom. The summed E-state index contributed by atoms with van der Waals surface area (Å²) in [5, 5.41) is 3.13. The van der Waals surface area contributed by atoms with Gasteiger partial charge in [0.1, 0.15) is 24.2 Å². The normalized spacial score (nSPS) is 11.8. The van der Waals surface area contributed by atoms with E-state index >= 15 is 0 Å². The molecule has 0 aromatic heterocycles. The molecule has 0 heterocycles. The second kappa shape index (κ2) is 17.2. The van der Waals surface area contributed by atoms with Crippen LogP contribution in [0.25, 0.3) is 0 Å². The number of carbonyl (C=O) groups is 2. The number of methoxy groups -OCH3 is 3. The molecule has 0 aliphatic heterocycles. The van der Waals surface area contributed by atoms with Gasteiger partial charge in [-0.25, -0.2) is 12.8 Å². The van der Waals surface area contributed by atoms with Gasteiger partial charge in [0.25, 0.3) is 10.0 Å². The zero-order valence-electron chi connectivity index (χ0n) is 28.6. The van der Waals surface area contributed by atoms with Crippen molar-refractivity contribution in [2.75, 3.05) is 38.7 Å². The number of benzene rings is 4. The van der Waals surface area contributed by atoms with Crippen LogP contribution in [0.5, 0.6) is 17.2 Å². The smallest absolute Gasteiger partial charge is 0.265 e. The van der Waals surface area contributed by atoms with Gasteiger partial charge in [-0.2, -0.15) is 0 Å². The summed E-state index contributed by atoms with van der Waals surface area (Å²) in [5.41, 5.74) is 1.30. The van der Waals surface area contributed by atoms with E-state index in [4.69, 9.17) is 25.8 Å². The quantitative estimate of drug-likeness (QED) is 0.148. The number of hydrogen-bond donors (Lipinski definition) is 1. The van der Waals surface area contributed by atoms with Crippen LogP contribution in [0.3, 0.4) is 0 Å². The lowest BCUT2D eigenvalue weighted by Crippen LogP contribution is -2.53. The first kappa shape index (κ1) is 38.0. The summed E-state index contributed by atoms with van der Waals surface area (Å²) in [7, 11) is -0.368. The molecule has 1 N–H and O–H groups in total. The number of nitrogens with zero attached hydrogens (tertiary/aromatic N) is 2. The number of sulfonamides is 1. The molecule has 50 heavy (non-hydrogen) atoms. The van der Waals surface area contributed by atoms with Crippen molar-refractivity contribution in [3.05, 3.63) is 113 Å². The predicted molar refractivity (Wildman–Crippen MR) is 191 cm³/mol. The summed E-state index contributed by atoms with van der Waals surface area (Å²) >= 11 is 6.37. The van der Waals surface area contributed by atoms with Crippen molar-refractivity contribution in [3.63, 3.8) is 0 Å². The number of rotatable bonds is 16. The van der Waals surface area contributed by atoms with Crippen molar-refractivity contribution in [1.29, 1.82) is 0 Å². The third-order valence-corrected chi connectivity index (χ3v) is 9.84. The molecular weight excluding hydrogens is 685 g/mol. The van der Waals surface area contributed by atoms with E-state index in [2.05, 4.69) is 5.32 Å². The van der Waals surface area contributed by atoms with Crippen LogP contribution in [-0.4, -0.2) is 65.6 Å². The highest BCUT2D eigenvalue weighted by molar-refractivity contribution is 7.92. The highest BCUT2D eigenvalue weighted by Gasteiger charge is 2.36. The number of ether oxygens (including phenoxy) is 3. The molecule has 10 nitrogen and oxygen atoms in total. The summed E-state index contributed by atoms with van der Waals surface area (Å²) in [6.45, 7) is 3.37. The molecule has 4 aromatic carbocycles. The molecule has 0 aliphatic rings. The first-order chi connectivity index (χ1) is 23.9. The van der Waals surface area contributed by atoms with Crippen LogP contribution in [0.4, 0.5) is 10.1 Å². The SMILES string of the molecule is COc1ccc(S(=O)(=O)N(CC(=O)N(Cc2ccc(F)cc2)[C@H](Cc2ccccc2)C(=O)NCC(C)C)c2cc(Cl)ccc2OC)cc1OC. The van der Waals surface area contributed by atoms with E-state index < -0.39 is 40.2 Å². The van der Waals surface area contributed by atoms with Crippen molar-refractivity contribution < 1.29 is 36.6 Å². The molecular formula is C37H41ClFN3O7S. The van der Waals surface area contributed by atoms with E-state index in [-0.39, 0.29) is 46.0 Å². The van der Waals surface area contributed by atoms with Gasteiger partial charge in [0.05, 0.1) is 31.9 Å². The van der Waals surface area contributed by atoms with Gasteiger partial charge >= 0.3 is 0 Å². The average molecular weight is 726 g/mol. The van der Waals surface area contributed by atoms with Gasteiger partial charge in [-0.3, -0.25) is 13.9 Å². The van der Waals surface area contributed by atoms with E-state index in [1.807, 2.05) is 44.2 Å². The van der Waals surface area contributed by atoms with Crippen LogP contribution in [0.1, 0.15) is 25.0 Å². The number of anilines is 1. The second-order valence-electron chi connectivity index (χ2n) is 11.8. The first-order valence-corrected chi connectivity index (χ1v) is 17.6. The van der Waals surface area contributed by atoms with Gasteiger partial charge in [-0.1, -0.05) is 67.9 Å². The first-order valence-electron chi connectivity index (χ1n) is 15.8. The third-order valence-electron chi connectivity index (χ3n) is 7.85. The number of nitrogens with one attached hydrogen (secondary N) is 1. The van der Waals surface area contributed by atoms with E-state index in [9.17, 15) is 22.4 Å². The standard InChI is InChI=1S/C37H41ClFN3O7S/c1-25(2)22-40-37(44)32(19-26-9-7-6-8-10-26)41(23-27-11-14-29(39)15-12-27)36(43)24-42(31-20-28(38)13-17-33(31)47-3)50(45,46)30-16-18-34(48-4)35(21-30)49-5/h6-18,20-21,25,32H,19,22-24H2,1-5H3,(H,40,44)/t32-/m1/s1. The number of halogens is 2. The molecule has 0 unspecified atom stereocenters. The molecule has 0 saturated carbocycles. The molecule has 4 rings (SSSR count). The maximum atomic E-state index is 14.7. The lowest BCUT2D eigenvalue weighted by Gasteiger charge is -2.34. The minimum atomic E-state index is -4.53. The zero-order valence-corrected chi connectivity index (χ0v) is 30.1. The fourth-order valence-corrected chi connectivity index (χ4v) is 6.84. The van der Waals surface area contributed by atoms with Crippen molar-refractivity contribution in [2.24, 2.45) is 5.92 Å². The fraction of sp³-hybridized carbons (Fsp3) is 0.297. The number of carbonyl (C=O) groups excluding carboxylic acids is 2. The Bertz CT molecular complexity index is 1880. The minimum Gasteiger partial charge on any atom is -0.495 e. The van der Waals surface area contributed by atoms with Crippen LogP contribution in [0.15, 0.2) is 95.9 Å². The molecule has 0 fully saturated rings. The Morgan fingerprint density at radius 2 is 1.46 bits per heavy atom. The Labute approximate surface area is 297 Å². The summed E-state index contributed by atoms with van der Waals surface area (Å²) in [4.78, 5) is 29.8. The molecule has 0 bridgehead atoms. The minimum absolute atomic E-state index is 0.00580. The molecule has 1 atom stereocenters. The van der Waals surface area contributed by atoms with Crippen LogP contribution in [-0.2, 0) is 32.6 Å². The topological polar surface area (TPSA) is 114 Å². The molecule has 2 amide bonds. The van der Waals surface area contributed by atoms with Gasteiger partial charge in [0.15, 0.2) is 11.5 Å². The van der Waals surface area contributed by atoms with Crippen molar-refractivity contribution in [2.45, 2.75) is 37.8 Å². The molecule has 13 heteroatoms. The van der Waals surface area contributed by atoms with Crippen molar-refractivity contribution in [3.8, 4) is 17.2 Å². The third kappa shape index (κ3) is 9.45. The maximum absolute atomic E-state index is 14.7. The van der Waals surface area contributed by atoms with Crippen molar-refractivity contribution in [1.82, 2.24) is 10.2 Å². The van der Waals surface area contributed by atoms with Crippen LogP contribution < -0.4 is 23.8 Å². The Hall–Kier alpha value is -4.81. The molecule has 0 aliphatic carbocycles. The molecule has 0 saturated heterocycles. The highest BCUT2D eigenvalue weighted by atomic mass is 35.5. The summed E-state index contributed by atoms with van der Waals surface area (Å²) in [6.07, 6.45) is 0.126.